The van der Waals surface area contributed by atoms with Crippen LogP contribution in [-0.4, -0.2) is 39.8 Å². The third-order valence-electron chi connectivity index (χ3n) is 4.46. The molecule has 0 aliphatic rings. The first kappa shape index (κ1) is 24.3. The monoisotopic (exact) mass is 528 g/mol. The van der Waals surface area contributed by atoms with Crippen molar-refractivity contribution in [1.29, 1.82) is 0 Å². The number of carbonyl (C=O) groups is 1. The van der Waals surface area contributed by atoms with Crippen LogP contribution in [0, 0.1) is 10.1 Å². The first-order chi connectivity index (χ1) is 16.8. The molecule has 14 heteroatoms. The highest BCUT2D eigenvalue weighted by Crippen LogP contribution is 2.23. The van der Waals surface area contributed by atoms with Crippen LogP contribution in [0.25, 0.3) is 0 Å². The predicted molar refractivity (Wildman–Crippen MR) is 133 cm³/mol. The quantitative estimate of drug-likeness (QED) is 0.0996. The summed E-state index contributed by atoms with van der Waals surface area (Å²) in [5.74, 6) is 0.303. The first-order valence-corrected chi connectivity index (χ1v) is 13.2. The molecule has 2 aromatic carbocycles. The van der Waals surface area contributed by atoms with E-state index in [4.69, 9.17) is 0 Å². The number of rotatable bonds is 10. The molecule has 0 radical (unpaired) electrons. The number of ketones is 1. The minimum Gasteiger partial charge on any atom is -0.340 e. The molecule has 35 heavy (non-hydrogen) atoms. The number of hydrogen-bond donors (Lipinski definition) is 2. The van der Waals surface area contributed by atoms with Gasteiger partial charge in [0.2, 0.25) is 0 Å². The third kappa shape index (κ3) is 6.38. The van der Waals surface area contributed by atoms with E-state index in [1.807, 2.05) is 0 Å². The van der Waals surface area contributed by atoms with Crippen molar-refractivity contribution in [3.05, 3.63) is 88.0 Å². The van der Waals surface area contributed by atoms with Crippen LogP contribution in [0.5, 0.6) is 0 Å². The molecule has 0 aliphatic carbocycles. The lowest BCUT2D eigenvalue weighted by Crippen LogP contribution is -2.12. The van der Waals surface area contributed by atoms with E-state index in [0.717, 1.165) is 11.8 Å². The van der Waals surface area contributed by atoms with Crippen molar-refractivity contribution in [2.45, 2.75) is 10.1 Å². The lowest BCUT2D eigenvalue weighted by molar-refractivity contribution is -0.384. The van der Waals surface area contributed by atoms with E-state index in [9.17, 15) is 23.3 Å². The van der Waals surface area contributed by atoms with E-state index in [0.29, 0.717) is 22.2 Å². The molecule has 0 atom stereocenters. The molecule has 0 saturated carbocycles. The Morgan fingerprint density at radius 1 is 1.03 bits per heavy atom. The van der Waals surface area contributed by atoms with Crippen molar-refractivity contribution in [2.24, 2.45) is 0 Å². The number of Topliss-reactive ketones (excluding diaryl/α,β-unsaturated/α-hetero) is 1. The Labute approximate surface area is 207 Å². The lowest BCUT2D eigenvalue weighted by atomic mass is 10.1. The Morgan fingerprint density at radius 3 is 2.43 bits per heavy atom. The summed E-state index contributed by atoms with van der Waals surface area (Å²) in [6.45, 7) is 0. The summed E-state index contributed by atoms with van der Waals surface area (Å²) in [4.78, 5) is 35.1. The maximum atomic E-state index is 12.4. The van der Waals surface area contributed by atoms with Crippen LogP contribution in [0.4, 0.5) is 22.3 Å². The van der Waals surface area contributed by atoms with Crippen LogP contribution in [0.15, 0.2) is 82.4 Å². The van der Waals surface area contributed by atoms with Gasteiger partial charge in [0.1, 0.15) is 5.82 Å². The van der Waals surface area contributed by atoms with E-state index >= 15 is 0 Å². The zero-order valence-corrected chi connectivity index (χ0v) is 20.1. The van der Waals surface area contributed by atoms with Crippen LogP contribution >= 0.6 is 23.1 Å². The molecule has 0 unspecified atom stereocenters. The predicted octanol–water partition coefficient (Wildman–Crippen LogP) is 4.36. The number of aromatic nitrogens is 3. The molecule has 2 aromatic heterocycles. The minimum absolute atomic E-state index is 0.0555. The number of non-ortho nitro benzene ring substituents is 1. The average Bonchev–Trinajstić information content (AvgIpc) is 3.35. The summed E-state index contributed by atoms with van der Waals surface area (Å²) in [5.41, 5.74) is 0.879. The Hall–Kier alpha value is -3.88. The number of anilines is 3. The van der Waals surface area contributed by atoms with Gasteiger partial charge in [-0.3, -0.25) is 19.6 Å². The summed E-state index contributed by atoms with van der Waals surface area (Å²) >= 11 is 2.31. The number of nitrogens with zero attached hydrogens (tertiary/aromatic N) is 4. The van der Waals surface area contributed by atoms with Gasteiger partial charge in [-0.25, -0.2) is 23.4 Å². The molecule has 4 rings (SSSR count). The van der Waals surface area contributed by atoms with Gasteiger partial charge in [-0.2, -0.15) is 0 Å². The maximum absolute atomic E-state index is 12.4. The van der Waals surface area contributed by atoms with Gasteiger partial charge in [-0.05, 0) is 42.5 Å². The normalized spacial score (nSPS) is 11.1. The molecule has 11 nitrogen and oxygen atoms in total. The van der Waals surface area contributed by atoms with Crippen molar-refractivity contribution < 1.29 is 18.1 Å². The number of carbonyl (C=O) groups excluding carboxylic acids is 1. The fourth-order valence-electron chi connectivity index (χ4n) is 2.78. The number of nitro groups is 1. The third-order valence-corrected chi connectivity index (χ3v) is 7.49. The molecule has 0 bridgehead atoms. The molecule has 178 valence electrons. The molecular formula is C21H16N6O5S3. The van der Waals surface area contributed by atoms with Crippen LogP contribution < -0.4 is 10.0 Å². The van der Waals surface area contributed by atoms with Crippen LogP contribution in [0.3, 0.4) is 0 Å². The molecule has 0 saturated heterocycles. The lowest BCUT2D eigenvalue weighted by Gasteiger charge is -2.09. The molecular weight excluding hydrogens is 512 g/mol. The van der Waals surface area contributed by atoms with Gasteiger partial charge >= 0.3 is 0 Å². The highest BCUT2D eigenvalue weighted by Gasteiger charge is 2.15. The summed E-state index contributed by atoms with van der Waals surface area (Å²) in [6, 6.07) is 13.1. The van der Waals surface area contributed by atoms with Gasteiger partial charge < -0.3 is 5.32 Å². The summed E-state index contributed by atoms with van der Waals surface area (Å²) in [5, 5.41) is 16.1. The number of hydrogen-bond acceptors (Lipinski definition) is 11. The van der Waals surface area contributed by atoms with Gasteiger partial charge in [-0.1, -0.05) is 11.8 Å². The van der Waals surface area contributed by atoms with Gasteiger partial charge in [-0.15, -0.1) is 11.3 Å². The second-order valence-electron chi connectivity index (χ2n) is 6.83. The van der Waals surface area contributed by atoms with Crippen LogP contribution in [0.1, 0.15) is 10.4 Å². The minimum atomic E-state index is -3.75. The molecule has 0 aliphatic heterocycles. The van der Waals surface area contributed by atoms with E-state index in [1.54, 1.807) is 23.6 Å². The fourth-order valence-corrected chi connectivity index (χ4v) is 5.29. The van der Waals surface area contributed by atoms with Crippen molar-refractivity contribution >= 4 is 61.2 Å². The van der Waals surface area contributed by atoms with Crippen molar-refractivity contribution in [2.75, 3.05) is 15.8 Å². The molecule has 4 aromatic rings. The molecule has 0 amide bonds. The number of thioether (sulfide) groups is 1. The van der Waals surface area contributed by atoms with Crippen molar-refractivity contribution in [1.82, 2.24) is 15.0 Å². The number of nitro benzene ring substituents is 1. The zero-order valence-electron chi connectivity index (χ0n) is 17.7. The number of benzene rings is 2. The topological polar surface area (TPSA) is 157 Å². The smallest absolute Gasteiger partial charge is 0.269 e. The highest BCUT2D eigenvalue weighted by atomic mass is 32.2. The fraction of sp³-hybridized carbons (Fsp3) is 0.0476. The second kappa shape index (κ2) is 10.6. The van der Waals surface area contributed by atoms with E-state index in [-0.39, 0.29) is 27.3 Å². The zero-order chi connectivity index (χ0) is 24.8. The Kier molecular flexibility index (Phi) is 7.33. The van der Waals surface area contributed by atoms with Crippen molar-refractivity contribution in [3.63, 3.8) is 0 Å². The van der Waals surface area contributed by atoms with E-state index in [1.165, 1.54) is 60.1 Å². The Bertz CT molecular complexity index is 1440. The van der Waals surface area contributed by atoms with Gasteiger partial charge in [0.25, 0.3) is 15.7 Å². The summed E-state index contributed by atoms with van der Waals surface area (Å²) < 4.78 is 27.3. The number of nitrogens with one attached hydrogen (secondary N) is 2. The standard InChI is InChI=1S/C21H16N6O5S3/c28-18(14-1-5-16(6-2-14)27(29)30)13-34-20-22-10-9-19(25-20)24-15-3-7-17(8-4-15)35(31,32)26-21-23-11-12-33-21/h1-12H,13H2,(H,23,26)(H,22,24,25). The first-order valence-electron chi connectivity index (χ1n) is 9.83. The second-order valence-corrected chi connectivity index (χ2v) is 10.4. The molecule has 2 heterocycles. The van der Waals surface area contributed by atoms with Gasteiger partial charge in [0.05, 0.1) is 15.6 Å². The molecule has 2 N–H and O–H groups in total. The average molecular weight is 529 g/mol. The number of sulfonamides is 1. The van der Waals surface area contributed by atoms with Crippen molar-refractivity contribution in [3.8, 4) is 0 Å². The molecule has 0 spiro atoms. The van der Waals surface area contributed by atoms with Gasteiger partial charge in [0, 0.05) is 41.2 Å². The van der Waals surface area contributed by atoms with Gasteiger partial charge in [0.15, 0.2) is 16.1 Å². The van der Waals surface area contributed by atoms with Crippen LogP contribution in [-0.2, 0) is 10.0 Å². The van der Waals surface area contributed by atoms with E-state index < -0.39 is 14.9 Å². The Morgan fingerprint density at radius 2 is 1.77 bits per heavy atom. The van der Waals surface area contributed by atoms with Crippen LogP contribution in [0.2, 0.25) is 0 Å². The summed E-state index contributed by atoms with van der Waals surface area (Å²) in [7, 11) is -3.75. The number of thiazole rings is 1. The Balaban J connectivity index is 1.36. The molecule has 0 fully saturated rings. The summed E-state index contributed by atoms with van der Waals surface area (Å²) in [6.07, 6.45) is 3.04. The highest BCUT2D eigenvalue weighted by molar-refractivity contribution is 7.99. The largest absolute Gasteiger partial charge is 0.340 e. The van der Waals surface area contributed by atoms with E-state index in [2.05, 4.69) is 25.0 Å². The SMILES string of the molecule is O=C(CSc1nccc(Nc2ccc(S(=O)(=O)Nc3nccs3)cc2)n1)c1ccc([N+](=O)[O-])cc1. The maximum Gasteiger partial charge on any atom is 0.269 e.